The first-order valence-corrected chi connectivity index (χ1v) is 8.77. The van der Waals surface area contributed by atoms with Crippen LogP contribution in [0.5, 0.6) is 0 Å². The monoisotopic (exact) mass is 364 g/mol. The van der Waals surface area contributed by atoms with Crippen LogP contribution in [0.25, 0.3) is 0 Å². The fraction of sp³-hybridized carbons (Fsp3) is 0.421. The van der Waals surface area contributed by atoms with Crippen molar-refractivity contribution in [3.8, 4) is 6.07 Å². The van der Waals surface area contributed by atoms with E-state index in [9.17, 15) is 5.26 Å². The van der Waals surface area contributed by atoms with Crippen LogP contribution in [0.1, 0.15) is 38.7 Å². The highest BCUT2D eigenvalue weighted by atomic mass is 35.5. The number of nitrogens with one attached hydrogen (secondary N) is 1. The van der Waals surface area contributed by atoms with Crippen molar-refractivity contribution in [3.63, 3.8) is 0 Å². The van der Waals surface area contributed by atoms with Gasteiger partial charge in [0.1, 0.15) is 6.26 Å². The molecule has 0 amide bonds. The van der Waals surface area contributed by atoms with E-state index in [0.717, 1.165) is 11.3 Å². The number of benzene rings is 1. The molecule has 0 radical (unpaired) electrons. The standard InChI is InChI=1S/C19H22Cl2N2O/c1-4-8-19(12-22,14-5-6-15(20)16(21)10-14)9-7-18-23-17(11-24-18)13(2)3/h4-6,10-11,13,18,23H,1,7-9H2,2-3H3/t18-,19-/m0/s1. The van der Waals surface area contributed by atoms with Gasteiger partial charge in [0.2, 0.25) is 0 Å². The summed E-state index contributed by atoms with van der Waals surface area (Å²) in [6.07, 6.45) is 5.31. The Labute approximate surface area is 153 Å². The van der Waals surface area contributed by atoms with E-state index in [4.69, 9.17) is 27.9 Å². The van der Waals surface area contributed by atoms with E-state index < -0.39 is 5.41 Å². The van der Waals surface area contributed by atoms with E-state index in [1.54, 1.807) is 24.5 Å². The van der Waals surface area contributed by atoms with Gasteiger partial charge in [-0.15, -0.1) is 6.58 Å². The second-order valence-electron chi connectivity index (χ2n) is 6.35. The molecule has 0 saturated carbocycles. The van der Waals surface area contributed by atoms with Gasteiger partial charge in [-0.3, -0.25) is 0 Å². The van der Waals surface area contributed by atoms with Crippen LogP contribution in [0.15, 0.2) is 42.8 Å². The lowest BCUT2D eigenvalue weighted by atomic mass is 9.75. The summed E-state index contributed by atoms with van der Waals surface area (Å²) in [5.74, 6) is 0.388. The van der Waals surface area contributed by atoms with Crippen molar-refractivity contribution in [2.24, 2.45) is 5.92 Å². The fourth-order valence-corrected chi connectivity index (χ4v) is 3.10. The van der Waals surface area contributed by atoms with E-state index in [0.29, 0.717) is 35.2 Å². The molecule has 1 aliphatic heterocycles. The largest absolute Gasteiger partial charge is 0.477 e. The molecule has 128 valence electrons. The highest BCUT2D eigenvalue weighted by Crippen LogP contribution is 2.37. The van der Waals surface area contributed by atoms with E-state index in [2.05, 4.69) is 31.8 Å². The molecule has 5 heteroatoms. The van der Waals surface area contributed by atoms with Crippen LogP contribution in [0.4, 0.5) is 0 Å². The Bertz CT molecular complexity index is 678. The Hall–Kier alpha value is -1.63. The Morgan fingerprint density at radius 2 is 2.17 bits per heavy atom. The molecule has 0 fully saturated rings. The first-order chi connectivity index (χ1) is 11.4. The van der Waals surface area contributed by atoms with Crippen molar-refractivity contribution in [2.75, 3.05) is 0 Å². The number of halogens is 2. The molecule has 0 unspecified atom stereocenters. The minimum absolute atomic E-state index is 0.109. The highest BCUT2D eigenvalue weighted by molar-refractivity contribution is 6.42. The molecule has 2 atom stereocenters. The average Bonchev–Trinajstić information content (AvgIpc) is 3.03. The third-order valence-corrected chi connectivity index (χ3v) is 5.06. The van der Waals surface area contributed by atoms with Crippen molar-refractivity contribution in [3.05, 3.63) is 58.4 Å². The van der Waals surface area contributed by atoms with Gasteiger partial charge >= 0.3 is 0 Å². The summed E-state index contributed by atoms with van der Waals surface area (Å²) in [4.78, 5) is 0. The first kappa shape index (κ1) is 18.7. The summed E-state index contributed by atoms with van der Waals surface area (Å²) in [5, 5.41) is 14.2. The number of nitrogens with zero attached hydrogens (tertiary/aromatic N) is 1. The molecule has 1 heterocycles. The van der Waals surface area contributed by atoms with Crippen LogP contribution in [0, 0.1) is 17.2 Å². The maximum absolute atomic E-state index is 9.89. The number of nitriles is 1. The summed E-state index contributed by atoms with van der Waals surface area (Å²) in [5.41, 5.74) is 1.25. The van der Waals surface area contributed by atoms with Gasteiger partial charge < -0.3 is 10.1 Å². The SMILES string of the molecule is C=CC[C@@](C#N)(CC[C@H]1NC(C(C)C)=CO1)c1ccc(Cl)c(Cl)c1. The Morgan fingerprint density at radius 1 is 1.42 bits per heavy atom. The van der Waals surface area contributed by atoms with Crippen molar-refractivity contribution >= 4 is 23.2 Å². The highest BCUT2D eigenvalue weighted by Gasteiger charge is 2.33. The predicted octanol–water partition coefficient (Wildman–Crippen LogP) is 5.55. The second kappa shape index (κ2) is 7.96. The lowest BCUT2D eigenvalue weighted by Gasteiger charge is -2.28. The van der Waals surface area contributed by atoms with Gasteiger partial charge in [-0.2, -0.15) is 5.26 Å². The number of hydrogen-bond donors (Lipinski definition) is 1. The third kappa shape index (κ3) is 4.06. The normalized spacial score (nSPS) is 19.0. The lowest BCUT2D eigenvalue weighted by molar-refractivity contribution is 0.134. The smallest absolute Gasteiger partial charge is 0.169 e. The minimum Gasteiger partial charge on any atom is -0.477 e. The average molecular weight is 365 g/mol. The Morgan fingerprint density at radius 3 is 2.71 bits per heavy atom. The van der Waals surface area contributed by atoms with E-state index in [-0.39, 0.29) is 6.23 Å². The first-order valence-electron chi connectivity index (χ1n) is 8.01. The van der Waals surface area contributed by atoms with Gasteiger partial charge in [-0.05, 0) is 36.5 Å². The molecule has 0 saturated heterocycles. The van der Waals surface area contributed by atoms with Crippen LogP contribution in [0.3, 0.4) is 0 Å². The quantitative estimate of drug-likeness (QED) is 0.644. The molecule has 1 aromatic carbocycles. The zero-order valence-corrected chi connectivity index (χ0v) is 15.5. The van der Waals surface area contributed by atoms with Crippen LogP contribution >= 0.6 is 23.2 Å². The van der Waals surface area contributed by atoms with Crippen LogP contribution in [-0.4, -0.2) is 6.23 Å². The Kier molecular flexibility index (Phi) is 6.21. The molecule has 1 aliphatic rings. The Balaban J connectivity index is 2.15. The number of allylic oxidation sites excluding steroid dienone is 2. The summed E-state index contributed by atoms with van der Waals surface area (Å²) in [6, 6.07) is 7.84. The maximum Gasteiger partial charge on any atom is 0.169 e. The topological polar surface area (TPSA) is 45.0 Å². The number of hydrogen-bond acceptors (Lipinski definition) is 3. The van der Waals surface area contributed by atoms with Crippen molar-refractivity contribution in [2.45, 2.75) is 44.8 Å². The summed E-state index contributed by atoms with van der Waals surface area (Å²) >= 11 is 12.2. The van der Waals surface area contributed by atoms with E-state index >= 15 is 0 Å². The van der Waals surface area contributed by atoms with Crippen LogP contribution in [-0.2, 0) is 10.2 Å². The number of rotatable bonds is 7. The molecular formula is C19H22Cl2N2O. The molecule has 0 aromatic heterocycles. The van der Waals surface area contributed by atoms with Gasteiger partial charge in [0, 0.05) is 6.42 Å². The molecular weight excluding hydrogens is 343 g/mol. The van der Waals surface area contributed by atoms with Crippen molar-refractivity contribution < 1.29 is 4.74 Å². The van der Waals surface area contributed by atoms with E-state index in [1.165, 1.54) is 0 Å². The maximum atomic E-state index is 9.89. The van der Waals surface area contributed by atoms with Crippen LogP contribution in [0.2, 0.25) is 10.0 Å². The zero-order valence-electron chi connectivity index (χ0n) is 14.0. The predicted molar refractivity (Wildman–Crippen MR) is 98.7 cm³/mol. The minimum atomic E-state index is -0.693. The van der Waals surface area contributed by atoms with Gasteiger partial charge in [-0.1, -0.05) is 49.2 Å². The van der Waals surface area contributed by atoms with Crippen LogP contribution < -0.4 is 5.32 Å². The third-order valence-electron chi connectivity index (χ3n) is 4.32. The molecule has 1 N–H and O–H groups in total. The number of ether oxygens (including phenoxy) is 1. The van der Waals surface area contributed by atoms with E-state index in [1.807, 2.05) is 6.07 Å². The molecule has 24 heavy (non-hydrogen) atoms. The molecule has 1 aromatic rings. The molecule has 0 bridgehead atoms. The van der Waals surface area contributed by atoms with Gasteiger partial charge in [0.15, 0.2) is 6.23 Å². The van der Waals surface area contributed by atoms with Crippen molar-refractivity contribution in [1.29, 1.82) is 5.26 Å². The lowest BCUT2D eigenvalue weighted by Crippen LogP contribution is -2.30. The second-order valence-corrected chi connectivity index (χ2v) is 7.17. The molecule has 3 nitrogen and oxygen atoms in total. The van der Waals surface area contributed by atoms with Gasteiger partial charge in [-0.25, -0.2) is 0 Å². The summed E-state index contributed by atoms with van der Waals surface area (Å²) < 4.78 is 5.67. The van der Waals surface area contributed by atoms with Gasteiger partial charge in [0.25, 0.3) is 0 Å². The van der Waals surface area contributed by atoms with Crippen molar-refractivity contribution in [1.82, 2.24) is 5.32 Å². The van der Waals surface area contributed by atoms with Gasteiger partial charge in [0.05, 0.1) is 27.2 Å². The molecule has 0 spiro atoms. The summed E-state index contributed by atoms with van der Waals surface area (Å²) in [6.45, 7) is 8.02. The fourth-order valence-electron chi connectivity index (χ4n) is 2.80. The molecule has 2 rings (SSSR count). The summed E-state index contributed by atoms with van der Waals surface area (Å²) in [7, 11) is 0. The zero-order chi connectivity index (χ0) is 17.7. The molecule has 0 aliphatic carbocycles.